The van der Waals surface area contributed by atoms with Gasteiger partial charge in [0.15, 0.2) is 5.78 Å². The van der Waals surface area contributed by atoms with Crippen molar-refractivity contribution in [1.29, 1.82) is 0 Å². The van der Waals surface area contributed by atoms with Crippen LogP contribution in [0.15, 0.2) is 11.4 Å². The molecule has 76 valence electrons. The Bertz CT molecular complexity index is 318. The van der Waals surface area contributed by atoms with Crippen molar-refractivity contribution < 1.29 is 9.59 Å². The van der Waals surface area contributed by atoms with E-state index in [0.29, 0.717) is 11.4 Å². The van der Waals surface area contributed by atoms with E-state index in [0.717, 1.165) is 0 Å². The predicted molar refractivity (Wildman–Crippen MR) is 48.9 cm³/mol. The second-order valence-corrected chi connectivity index (χ2v) is 3.42. The zero-order valence-corrected chi connectivity index (χ0v) is 7.97. The summed E-state index contributed by atoms with van der Waals surface area (Å²) in [5.41, 5.74) is 0.635. The van der Waals surface area contributed by atoms with Gasteiger partial charge in [-0.15, -0.1) is 0 Å². The van der Waals surface area contributed by atoms with Crippen LogP contribution in [0.3, 0.4) is 0 Å². The number of rotatable bonds is 1. The number of nitrogens with one attached hydrogen (secondary N) is 4. The lowest BCUT2D eigenvalue weighted by molar-refractivity contribution is -0.113. The van der Waals surface area contributed by atoms with E-state index in [2.05, 4.69) is 21.3 Å². The predicted octanol–water partition coefficient (Wildman–Crippen LogP) is -1.04. The van der Waals surface area contributed by atoms with Crippen LogP contribution in [0.5, 0.6) is 0 Å². The van der Waals surface area contributed by atoms with E-state index in [1.165, 1.54) is 6.92 Å². The molecule has 2 aliphatic heterocycles. The SMILES string of the molecule is CC(=O)C(C)=C1NC2NC(=O)NC2N1. The molecule has 2 saturated heterocycles. The molecule has 2 rings (SSSR count). The number of hydrogen-bond acceptors (Lipinski definition) is 4. The zero-order chi connectivity index (χ0) is 10.3. The molecule has 6 heteroatoms. The van der Waals surface area contributed by atoms with Crippen LogP contribution in [0.25, 0.3) is 0 Å². The van der Waals surface area contributed by atoms with Crippen molar-refractivity contribution in [2.24, 2.45) is 0 Å². The monoisotopic (exact) mass is 196 g/mol. The van der Waals surface area contributed by atoms with Crippen molar-refractivity contribution >= 4 is 11.8 Å². The topological polar surface area (TPSA) is 82.3 Å². The number of carbonyl (C=O) groups excluding carboxylic acids is 2. The summed E-state index contributed by atoms with van der Waals surface area (Å²) in [6, 6.07) is -0.209. The third-order valence-electron chi connectivity index (χ3n) is 2.41. The van der Waals surface area contributed by atoms with Gasteiger partial charge in [-0.25, -0.2) is 4.79 Å². The van der Waals surface area contributed by atoms with E-state index in [1.807, 2.05) is 0 Å². The van der Waals surface area contributed by atoms with Gasteiger partial charge in [0.05, 0.1) is 0 Å². The average molecular weight is 196 g/mol. The first-order valence-electron chi connectivity index (χ1n) is 4.40. The summed E-state index contributed by atoms with van der Waals surface area (Å²) in [6.07, 6.45) is -0.349. The van der Waals surface area contributed by atoms with Crippen molar-refractivity contribution in [3.8, 4) is 0 Å². The van der Waals surface area contributed by atoms with Crippen LogP contribution in [0.4, 0.5) is 4.79 Å². The molecule has 2 aliphatic rings. The van der Waals surface area contributed by atoms with E-state index in [1.54, 1.807) is 6.92 Å². The Morgan fingerprint density at radius 1 is 1.07 bits per heavy atom. The fraction of sp³-hybridized carbons (Fsp3) is 0.500. The Morgan fingerprint density at radius 3 is 2.00 bits per heavy atom. The Kier molecular flexibility index (Phi) is 1.83. The second kappa shape index (κ2) is 2.90. The first kappa shape index (κ1) is 8.86. The van der Waals surface area contributed by atoms with Crippen molar-refractivity contribution in [3.63, 3.8) is 0 Å². The van der Waals surface area contributed by atoms with Gasteiger partial charge in [0.2, 0.25) is 0 Å². The maximum atomic E-state index is 11.1. The lowest BCUT2D eigenvalue weighted by Gasteiger charge is -2.07. The summed E-state index contributed by atoms with van der Waals surface area (Å²) >= 11 is 0. The van der Waals surface area contributed by atoms with Crippen LogP contribution >= 0.6 is 0 Å². The summed E-state index contributed by atoms with van der Waals surface area (Å²) in [6.45, 7) is 3.24. The van der Waals surface area contributed by atoms with Crippen LogP contribution in [0.2, 0.25) is 0 Å². The average Bonchev–Trinajstić information content (AvgIpc) is 2.59. The van der Waals surface area contributed by atoms with Crippen molar-refractivity contribution in [2.75, 3.05) is 0 Å². The second-order valence-electron chi connectivity index (χ2n) is 3.42. The molecular formula is C8H12N4O2. The minimum absolute atomic E-state index is 0.00583. The maximum Gasteiger partial charge on any atom is 0.318 e. The summed E-state index contributed by atoms with van der Waals surface area (Å²) in [4.78, 5) is 22.0. The van der Waals surface area contributed by atoms with Gasteiger partial charge in [-0.1, -0.05) is 0 Å². The summed E-state index contributed by atoms with van der Waals surface area (Å²) in [7, 11) is 0. The number of Topliss-reactive ketones (excluding diaryl/α,β-unsaturated/α-hetero) is 1. The molecule has 2 amide bonds. The molecule has 2 atom stereocenters. The number of fused-ring (bicyclic) bond motifs is 1. The molecule has 0 spiro atoms. The van der Waals surface area contributed by atoms with E-state index in [9.17, 15) is 9.59 Å². The highest BCUT2D eigenvalue weighted by Crippen LogP contribution is 2.11. The molecular weight excluding hydrogens is 184 g/mol. The number of urea groups is 1. The number of hydrogen-bond donors (Lipinski definition) is 4. The summed E-state index contributed by atoms with van der Waals surface area (Å²) < 4.78 is 0. The highest BCUT2D eigenvalue weighted by atomic mass is 16.2. The molecule has 0 bridgehead atoms. The molecule has 4 N–H and O–H groups in total. The molecule has 0 aliphatic carbocycles. The normalized spacial score (nSPS) is 28.4. The summed E-state index contributed by atoms with van der Waals surface area (Å²) in [5, 5.41) is 11.4. The third kappa shape index (κ3) is 1.28. The third-order valence-corrected chi connectivity index (χ3v) is 2.41. The van der Waals surface area contributed by atoms with Gasteiger partial charge in [0, 0.05) is 5.57 Å². The molecule has 0 aromatic carbocycles. The van der Waals surface area contributed by atoms with Crippen molar-refractivity contribution in [1.82, 2.24) is 21.3 Å². The highest BCUT2D eigenvalue weighted by Gasteiger charge is 2.38. The van der Waals surface area contributed by atoms with Crippen molar-refractivity contribution in [3.05, 3.63) is 11.4 Å². The van der Waals surface area contributed by atoms with Gasteiger partial charge in [-0.3, -0.25) is 4.79 Å². The Labute approximate surface area is 81.1 Å². The van der Waals surface area contributed by atoms with Crippen LogP contribution in [-0.4, -0.2) is 24.1 Å². The zero-order valence-electron chi connectivity index (χ0n) is 7.97. The highest BCUT2D eigenvalue weighted by molar-refractivity contribution is 5.93. The molecule has 0 aromatic rings. The fourth-order valence-electron chi connectivity index (χ4n) is 1.47. The number of amides is 2. The van der Waals surface area contributed by atoms with Gasteiger partial charge < -0.3 is 21.3 Å². The van der Waals surface area contributed by atoms with E-state index >= 15 is 0 Å². The number of carbonyl (C=O) groups is 2. The first-order valence-corrected chi connectivity index (χ1v) is 4.40. The fourth-order valence-corrected chi connectivity index (χ4v) is 1.47. The van der Waals surface area contributed by atoms with Crippen LogP contribution in [0, 0.1) is 0 Å². The molecule has 0 radical (unpaired) electrons. The molecule has 6 nitrogen and oxygen atoms in total. The number of allylic oxidation sites excluding steroid dienone is 1. The molecule has 2 heterocycles. The number of ketones is 1. The largest absolute Gasteiger partial charge is 0.348 e. The van der Waals surface area contributed by atoms with Gasteiger partial charge in [-0.2, -0.15) is 0 Å². The van der Waals surface area contributed by atoms with Gasteiger partial charge in [0.1, 0.15) is 18.2 Å². The van der Waals surface area contributed by atoms with E-state index in [-0.39, 0.29) is 24.1 Å². The molecule has 2 unspecified atom stereocenters. The molecule has 0 saturated carbocycles. The molecule has 14 heavy (non-hydrogen) atoms. The maximum absolute atomic E-state index is 11.1. The lowest BCUT2D eigenvalue weighted by atomic mass is 10.2. The lowest BCUT2D eigenvalue weighted by Crippen LogP contribution is -2.39. The molecule has 0 aromatic heterocycles. The van der Waals surface area contributed by atoms with Gasteiger partial charge in [-0.05, 0) is 13.8 Å². The van der Waals surface area contributed by atoms with E-state index < -0.39 is 0 Å². The van der Waals surface area contributed by atoms with Crippen LogP contribution in [-0.2, 0) is 4.79 Å². The smallest absolute Gasteiger partial charge is 0.318 e. The summed E-state index contributed by atoms with van der Waals surface area (Å²) in [5.74, 6) is 0.686. The van der Waals surface area contributed by atoms with Gasteiger partial charge >= 0.3 is 6.03 Å². The van der Waals surface area contributed by atoms with E-state index in [4.69, 9.17) is 0 Å². The minimum atomic E-state index is -0.209. The van der Waals surface area contributed by atoms with Crippen LogP contribution < -0.4 is 21.3 Å². The Morgan fingerprint density at radius 2 is 1.57 bits per heavy atom. The standard InChI is InChI=1S/C8H12N4O2/c1-3(4(2)13)5-9-6-7(10-5)12-8(14)11-6/h6-7,9-10H,1-2H3,(H2,11,12,14). The van der Waals surface area contributed by atoms with Gasteiger partial charge in [0.25, 0.3) is 0 Å². The quantitative estimate of drug-likeness (QED) is 0.404. The van der Waals surface area contributed by atoms with Crippen LogP contribution in [0.1, 0.15) is 13.8 Å². The first-order chi connectivity index (χ1) is 6.58. The Hall–Kier alpha value is -1.72. The Balaban J connectivity index is 2.14. The molecule has 2 fully saturated rings. The van der Waals surface area contributed by atoms with Crippen molar-refractivity contribution in [2.45, 2.75) is 26.2 Å². The minimum Gasteiger partial charge on any atom is -0.348 e.